The number of carbonyl (C=O) groups is 1. The first-order valence-electron chi connectivity index (χ1n) is 11.6. The Kier molecular flexibility index (Phi) is 7.65. The Labute approximate surface area is 209 Å². The van der Waals surface area contributed by atoms with Gasteiger partial charge in [-0.25, -0.2) is 23.7 Å². The van der Waals surface area contributed by atoms with Crippen molar-refractivity contribution >= 4 is 23.3 Å². The first-order valence-corrected chi connectivity index (χ1v) is 12.0. The number of nitrogens with one attached hydrogen (secondary N) is 2. The molecule has 4 rings (SSSR count). The van der Waals surface area contributed by atoms with E-state index in [0.29, 0.717) is 29.8 Å². The minimum absolute atomic E-state index is 0.00959. The lowest BCUT2D eigenvalue weighted by Crippen LogP contribution is -2.46. The number of rotatable bonds is 6. The van der Waals surface area contributed by atoms with E-state index in [1.54, 1.807) is 24.1 Å². The molecule has 196 valence electrons. The van der Waals surface area contributed by atoms with Crippen LogP contribution in [-0.4, -0.2) is 63.7 Å². The molecular weight excluding hydrogens is 507 g/mol. The van der Waals surface area contributed by atoms with Gasteiger partial charge in [0.1, 0.15) is 5.82 Å². The number of alkyl halides is 6. The van der Waals surface area contributed by atoms with Crippen LogP contribution in [0.5, 0.6) is 0 Å². The van der Waals surface area contributed by atoms with Crippen LogP contribution in [0.15, 0.2) is 24.5 Å². The molecule has 2 aliphatic rings. The maximum atomic E-state index is 13.8. The molecule has 3 unspecified atom stereocenters. The Morgan fingerprint density at radius 1 is 1.22 bits per heavy atom. The second-order valence-electron chi connectivity index (χ2n) is 9.01. The van der Waals surface area contributed by atoms with Crippen molar-refractivity contribution in [1.29, 1.82) is 0 Å². The lowest BCUT2D eigenvalue weighted by Gasteiger charge is -2.38. The van der Waals surface area contributed by atoms with Gasteiger partial charge in [-0.15, -0.1) is 11.6 Å². The molecule has 1 fully saturated rings. The Morgan fingerprint density at radius 2 is 1.89 bits per heavy atom. The van der Waals surface area contributed by atoms with E-state index in [4.69, 9.17) is 11.6 Å². The highest BCUT2D eigenvalue weighted by Gasteiger charge is 2.39. The summed E-state index contributed by atoms with van der Waals surface area (Å²) in [4.78, 5) is 26.3. The van der Waals surface area contributed by atoms with Gasteiger partial charge in [-0.05, 0) is 24.5 Å². The molecule has 7 nitrogen and oxygen atoms in total. The lowest BCUT2D eigenvalue weighted by atomic mass is 9.84. The average molecular weight is 533 g/mol. The molecule has 0 radical (unpaired) electrons. The fraction of sp³-hybridized carbons (Fsp3) is 0.565. The molecule has 2 aromatic rings. The van der Waals surface area contributed by atoms with Gasteiger partial charge in [-0.2, -0.15) is 13.2 Å². The maximum Gasteiger partial charge on any atom is 0.451 e. The third-order valence-corrected chi connectivity index (χ3v) is 7.12. The topological polar surface area (TPSA) is 83.0 Å². The first-order chi connectivity index (χ1) is 17.0. The van der Waals surface area contributed by atoms with E-state index < -0.39 is 48.1 Å². The van der Waals surface area contributed by atoms with Crippen molar-refractivity contribution in [3.63, 3.8) is 0 Å². The van der Waals surface area contributed by atoms with Crippen LogP contribution in [0.3, 0.4) is 0 Å². The number of halogens is 6. The molecule has 1 saturated heterocycles. The monoisotopic (exact) mass is 532 g/mol. The van der Waals surface area contributed by atoms with Crippen molar-refractivity contribution in [2.75, 3.05) is 32.0 Å². The van der Waals surface area contributed by atoms with Crippen molar-refractivity contribution < 1.29 is 26.7 Å². The van der Waals surface area contributed by atoms with E-state index in [9.17, 15) is 26.7 Å². The summed E-state index contributed by atoms with van der Waals surface area (Å²) in [6.45, 7) is -0.0120. The summed E-state index contributed by atoms with van der Waals surface area (Å²) in [5.41, 5.74) is 1.77. The zero-order valence-electron chi connectivity index (χ0n) is 19.5. The summed E-state index contributed by atoms with van der Waals surface area (Å²) < 4.78 is 66.3. The number of amides is 1. The van der Waals surface area contributed by atoms with Crippen molar-refractivity contribution in [3.05, 3.63) is 47.2 Å². The number of aromatic nitrogens is 3. The maximum absolute atomic E-state index is 13.8. The summed E-state index contributed by atoms with van der Waals surface area (Å²) in [5, 5.41) is 5.33. The SMILES string of the molecule is CNc1ccc2c(n1)CCC(Cl)C2C(=O)NCC(c1cnc(C(F)(F)F)nc1)N1CCC(F)(F)CC1. The number of hydrogen-bond acceptors (Lipinski definition) is 6. The summed E-state index contributed by atoms with van der Waals surface area (Å²) in [7, 11) is 1.74. The van der Waals surface area contributed by atoms with Gasteiger partial charge in [0.25, 0.3) is 5.92 Å². The molecule has 0 bridgehead atoms. The summed E-state index contributed by atoms with van der Waals surface area (Å²) in [6.07, 6.45) is -2.26. The molecule has 1 aliphatic carbocycles. The zero-order chi connectivity index (χ0) is 26.1. The van der Waals surface area contributed by atoms with Gasteiger partial charge in [-0.1, -0.05) is 6.07 Å². The Hall–Kier alpha value is -2.60. The van der Waals surface area contributed by atoms with Gasteiger partial charge in [0, 0.05) is 68.6 Å². The van der Waals surface area contributed by atoms with Gasteiger partial charge >= 0.3 is 6.18 Å². The largest absolute Gasteiger partial charge is 0.451 e. The van der Waals surface area contributed by atoms with Crippen LogP contribution < -0.4 is 10.6 Å². The van der Waals surface area contributed by atoms with Crippen molar-refractivity contribution in [2.45, 2.75) is 55.1 Å². The van der Waals surface area contributed by atoms with Crippen LogP contribution in [0.4, 0.5) is 27.8 Å². The number of likely N-dealkylation sites (tertiary alicyclic amines) is 1. The van der Waals surface area contributed by atoms with Gasteiger partial charge in [0.2, 0.25) is 11.7 Å². The number of hydrogen-bond donors (Lipinski definition) is 2. The molecular formula is C23H26ClF5N6O. The third kappa shape index (κ3) is 5.86. The van der Waals surface area contributed by atoms with E-state index in [0.717, 1.165) is 18.1 Å². The van der Waals surface area contributed by atoms with Crippen LogP contribution in [0.25, 0.3) is 0 Å². The predicted octanol–water partition coefficient (Wildman–Crippen LogP) is 4.16. The molecule has 0 spiro atoms. The quantitative estimate of drug-likeness (QED) is 0.429. The lowest BCUT2D eigenvalue weighted by molar-refractivity contribution is -0.145. The summed E-state index contributed by atoms with van der Waals surface area (Å²) in [5.74, 6) is -4.47. The second kappa shape index (κ2) is 10.4. The van der Waals surface area contributed by atoms with E-state index in [1.807, 2.05) is 0 Å². The highest BCUT2D eigenvalue weighted by Crippen LogP contribution is 2.36. The van der Waals surface area contributed by atoms with E-state index in [2.05, 4.69) is 25.6 Å². The average Bonchev–Trinajstić information content (AvgIpc) is 2.84. The Balaban J connectivity index is 1.54. The summed E-state index contributed by atoms with van der Waals surface area (Å²) >= 11 is 6.53. The number of pyridine rings is 1. The fourth-order valence-corrected chi connectivity index (χ4v) is 5.02. The van der Waals surface area contributed by atoms with Gasteiger partial charge in [0.05, 0.1) is 12.0 Å². The van der Waals surface area contributed by atoms with E-state index in [-0.39, 0.29) is 25.5 Å². The molecule has 1 amide bonds. The predicted molar refractivity (Wildman–Crippen MR) is 123 cm³/mol. The van der Waals surface area contributed by atoms with Crippen LogP contribution in [0, 0.1) is 0 Å². The number of aryl methyl sites for hydroxylation is 1. The minimum atomic E-state index is -4.71. The smallest absolute Gasteiger partial charge is 0.373 e. The van der Waals surface area contributed by atoms with Crippen LogP contribution in [0.2, 0.25) is 0 Å². The molecule has 1 aliphatic heterocycles. The molecule has 36 heavy (non-hydrogen) atoms. The normalized spacial score (nSPS) is 23.0. The highest BCUT2D eigenvalue weighted by molar-refractivity contribution is 6.23. The van der Waals surface area contributed by atoms with E-state index in [1.165, 1.54) is 0 Å². The van der Waals surface area contributed by atoms with Crippen LogP contribution in [0.1, 0.15) is 53.9 Å². The molecule has 3 atom stereocenters. The third-order valence-electron chi connectivity index (χ3n) is 6.65. The van der Waals surface area contributed by atoms with Crippen LogP contribution in [-0.2, 0) is 17.4 Å². The molecule has 0 aromatic carbocycles. The molecule has 0 saturated carbocycles. The minimum Gasteiger partial charge on any atom is -0.373 e. The number of carbonyl (C=O) groups excluding carboxylic acids is 1. The fourth-order valence-electron chi connectivity index (χ4n) is 4.66. The second-order valence-corrected chi connectivity index (χ2v) is 9.57. The first kappa shape index (κ1) is 26.5. The Morgan fingerprint density at radius 3 is 2.50 bits per heavy atom. The van der Waals surface area contributed by atoms with Crippen molar-refractivity contribution in [3.8, 4) is 0 Å². The van der Waals surface area contributed by atoms with Gasteiger partial charge in [0.15, 0.2) is 0 Å². The molecule has 13 heteroatoms. The van der Waals surface area contributed by atoms with Crippen molar-refractivity contribution in [1.82, 2.24) is 25.2 Å². The highest BCUT2D eigenvalue weighted by atomic mass is 35.5. The number of fused-ring (bicyclic) bond motifs is 1. The standard InChI is InChI=1S/C23H26ClF5N6O/c1-30-18-5-2-14-16(34-18)4-3-15(24)19(14)20(36)31-12-17(35-8-6-22(25,26)7-9-35)13-10-32-21(33-11-13)23(27,28)29/h2,5,10-11,15,17,19H,3-4,6-9,12H2,1H3,(H,30,34)(H,31,36). The van der Waals surface area contributed by atoms with Gasteiger partial charge in [-0.3, -0.25) is 9.69 Å². The number of anilines is 1. The Bertz CT molecular complexity index is 1070. The van der Waals surface area contributed by atoms with Crippen molar-refractivity contribution in [2.24, 2.45) is 0 Å². The molecule has 2 N–H and O–H groups in total. The zero-order valence-corrected chi connectivity index (χ0v) is 20.2. The number of nitrogens with zero attached hydrogens (tertiary/aromatic N) is 4. The number of piperidine rings is 1. The van der Waals surface area contributed by atoms with Crippen LogP contribution >= 0.6 is 11.6 Å². The van der Waals surface area contributed by atoms with E-state index >= 15 is 0 Å². The molecule has 2 aromatic heterocycles. The van der Waals surface area contributed by atoms with Gasteiger partial charge < -0.3 is 10.6 Å². The summed E-state index contributed by atoms with van der Waals surface area (Å²) in [6, 6.07) is 2.87. The molecule has 3 heterocycles.